The average molecular weight is 298 g/mol. The molecule has 4 nitrogen and oxygen atoms in total. The number of H-pyrrole nitrogens is 1. The Morgan fingerprint density at radius 2 is 2.23 bits per heavy atom. The Kier molecular flexibility index (Phi) is 4.18. The van der Waals surface area contributed by atoms with E-state index < -0.39 is 0 Å². The monoisotopic (exact) mass is 298 g/mol. The fourth-order valence-corrected chi connectivity index (χ4v) is 2.83. The molecule has 0 spiro atoms. The van der Waals surface area contributed by atoms with Crippen LogP contribution < -0.4 is 10.1 Å². The molecule has 1 atom stereocenters. The maximum atomic E-state index is 12.4. The molecule has 2 N–H and O–H groups in total. The Morgan fingerprint density at radius 3 is 2.86 bits per heavy atom. The highest BCUT2D eigenvalue weighted by Crippen LogP contribution is 2.34. The second kappa shape index (κ2) is 6.26. The van der Waals surface area contributed by atoms with Crippen molar-refractivity contribution in [2.45, 2.75) is 32.2 Å². The van der Waals surface area contributed by atoms with Crippen molar-refractivity contribution in [2.24, 2.45) is 5.92 Å². The molecule has 1 aliphatic carbocycles. The number of aromatic amines is 1. The molecule has 0 aliphatic heterocycles. The Hall–Kier alpha value is -2.23. The number of aryl methyl sites for hydroxylation is 1. The first kappa shape index (κ1) is 14.7. The van der Waals surface area contributed by atoms with Gasteiger partial charge in [0.05, 0.1) is 12.7 Å². The van der Waals surface area contributed by atoms with E-state index in [0.29, 0.717) is 5.92 Å². The highest BCUT2D eigenvalue weighted by Gasteiger charge is 2.32. The van der Waals surface area contributed by atoms with Gasteiger partial charge in [0.2, 0.25) is 0 Å². The van der Waals surface area contributed by atoms with E-state index in [1.807, 2.05) is 31.2 Å². The molecule has 1 fully saturated rings. The first-order valence-corrected chi connectivity index (χ1v) is 7.75. The van der Waals surface area contributed by atoms with Crippen LogP contribution in [0.25, 0.3) is 0 Å². The van der Waals surface area contributed by atoms with Gasteiger partial charge >= 0.3 is 0 Å². The summed E-state index contributed by atoms with van der Waals surface area (Å²) in [5.41, 5.74) is 2.84. The highest BCUT2D eigenvalue weighted by molar-refractivity contribution is 5.95. The zero-order chi connectivity index (χ0) is 15.5. The molecule has 1 aliphatic rings. The van der Waals surface area contributed by atoms with E-state index in [9.17, 15) is 4.79 Å². The van der Waals surface area contributed by atoms with Crippen LogP contribution in [0.3, 0.4) is 0 Å². The van der Waals surface area contributed by atoms with Gasteiger partial charge < -0.3 is 15.0 Å². The van der Waals surface area contributed by atoms with Crippen molar-refractivity contribution in [3.8, 4) is 5.75 Å². The summed E-state index contributed by atoms with van der Waals surface area (Å²) in [4.78, 5) is 15.5. The summed E-state index contributed by atoms with van der Waals surface area (Å²) in [5.74, 6) is 1.47. The van der Waals surface area contributed by atoms with Crippen LogP contribution in [0.2, 0.25) is 0 Å². The van der Waals surface area contributed by atoms with Crippen LogP contribution in [0.15, 0.2) is 36.5 Å². The van der Waals surface area contributed by atoms with Gasteiger partial charge in [-0.15, -0.1) is 0 Å². The third-order valence-electron chi connectivity index (χ3n) is 4.30. The molecule has 3 rings (SSSR count). The first-order chi connectivity index (χ1) is 10.7. The molecule has 1 aromatic heterocycles. The second-order valence-electron chi connectivity index (χ2n) is 5.99. The lowest BCUT2D eigenvalue weighted by Crippen LogP contribution is -2.38. The minimum atomic E-state index is 0.0125. The second-order valence-corrected chi connectivity index (χ2v) is 5.99. The van der Waals surface area contributed by atoms with Gasteiger partial charge in [-0.25, -0.2) is 0 Å². The number of aromatic nitrogens is 1. The fraction of sp³-hybridized carbons (Fsp3) is 0.389. The SMILES string of the molecule is COc1cccc(C[C@@H](NC(=O)c2cc[nH]c2C)C2CC2)c1. The van der Waals surface area contributed by atoms with Crippen LogP contribution >= 0.6 is 0 Å². The molecule has 0 unspecified atom stereocenters. The highest BCUT2D eigenvalue weighted by atomic mass is 16.5. The third-order valence-corrected chi connectivity index (χ3v) is 4.30. The van der Waals surface area contributed by atoms with Gasteiger partial charge in [0.1, 0.15) is 5.75 Å². The predicted molar refractivity (Wildman–Crippen MR) is 86.2 cm³/mol. The topological polar surface area (TPSA) is 54.1 Å². The zero-order valence-corrected chi connectivity index (χ0v) is 13.1. The van der Waals surface area contributed by atoms with Gasteiger partial charge in [-0.3, -0.25) is 4.79 Å². The number of nitrogens with one attached hydrogen (secondary N) is 2. The number of amides is 1. The minimum absolute atomic E-state index is 0.0125. The number of rotatable bonds is 6. The third kappa shape index (κ3) is 3.32. The van der Waals surface area contributed by atoms with Gasteiger partial charge in [0.15, 0.2) is 0 Å². The van der Waals surface area contributed by atoms with E-state index in [2.05, 4.69) is 16.4 Å². The summed E-state index contributed by atoms with van der Waals surface area (Å²) in [5, 5.41) is 3.21. The average Bonchev–Trinajstić information content (AvgIpc) is 3.28. The van der Waals surface area contributed by atoms with Crippen molar-refractivity contribution in [3.63, 3.8) is 0 Å². The maximum absolute atomic E-state index is 12.4. The molecule has 1 heterocycles. The van der Waals surface area contributed by atoms with Crippen LogP contribution in [0, 0.1) is 12.8 Å². The number of benzene rings is 1. The number of carbonyl (C=O) groups is 1. The zero-order valence-electron chi connectivity index (χ0n) is 13.1. The van der Waals surface area contributed by atoms with Crippen molar-refractivity contribution in [2.75, 3.05) is 7.11 Å². The Balaban J connectivity index is 1.70. The molecule has 0 bridgehead atoms. The molecule has 1 aromatic carbocycles. The predicted octanol–water partition coefficient (Wildman–Crippen LogP) is 3.08. The van der Waals surface area contributed by atoms with E-state index in [-0.39, 0.29) is 11.9 Å². The molecule has 1 saturated carbocycles. The Morgan fingerprint density at radius 1 is 1.41 bits per heavy atom. The van der Waals surface area contributed by atoms with Gasteiger partial charge in [-0.2, -0.15) is 0 Å². The number of ether oxygens (including phenoxy) is 1. The molecule has 0 radical (unpaired) electrons. The standard InChI is InChI=1S/C18H22N2O2/c1-12-16(8-9-19-12)18(21)20-17(14-6-7-14)11-13-4-3-5-15(10-13)22-2/h3-5,8-10,14,17,19H,6-7,11H2,1-2H3,(H,20,21)/t17-/m1/s1. The van der Waals surface area contributed by atoms with Crippen LogP contribution in [0.4, 0.5) is 0 Å². The lowest BCUT2D eigenvalue weighted by molar-refractivity contribution is 0.0931. The molecular weight excluding hydrogens is 276 g/mol. The molecule has 116 valence electrons. The fourth-order valence-electron chi connectivity index (χ4n) is 2.83. The minimum Gasteiger partial charge on any atom is -0.497 e. The number of methoxy groups -OCH3 is 1. The Bertz CT molecular complexity index is 659. The largest absolute Gasteiger partial charge is 0.497 e. The van der Waals surface area contributed by atoms with Crippen LogP contribution in [0.1, 0.15) is 34.5 Å². The molecule has 1 amide bonds. The van der Waals surface area contributed by atoms with E-state index >= 15 is 0 Å². The summed E-state index contributed by atoms with van der Waals surface area (Å²) >= 11 is 0. The van der Waals surface area contributed by atoms with Crippen molar-refractivity contribution in [1.82, 2.24) is 10.3 Å². The molecular formula is C18H22N2O2. The van der Waals surface area contributed by atoms with Crippen molar-refractivity contribution in [1.29, 1.82) is 0 Å². The van der Waals surface area contributed by atoms with Crippen LogP contribution in [0.5, 0.6) is 5.75 Å². The van der Waals surface area contributed by atoms with E-state index in [1.165, 1.54) is 18.4 Å². The molecule has 22 heavy (non-hydrogen) atoms. The smallest absolute Gasteiger partial charge is 0.253 e. The van der Waals surface area contributed by atoms with Gasteiger partial charge in [0.25, 0.3) is 5.91 Å². The van der Waals surface area contributed by atoms with Gasteiger partial charge in [-0.1, -0.05) is 12.1 Å². The van der Waals surface area contributed by atoms with Crippen molar-refractivity contribution < 1.29 is 9.53 Å². The lowest BCUT2D eigenvalue weighted by atomic mass is 10.0. The maximum Gasteiger partial charge on any atom is 0.253 e. The Labute approximate surface area is 130 Å². The van der Waals surface area contributed by atoms with Crippen LogP contribution in [-0.4, -0.2) is 24.0 Å². The molecule has 4 heteroatoms. The summed E-state index contributed by atoms with van der Waals surface area (Å²) in [6.07, 6.45) is 5.04. The summed E-state index contributed by atoms with van der Waals surface area (Å²) in [7, 11) is 1.67. The molecule has 2 aromatic rings. The molecule has 0 saturated heterocycles. The van der Waals surface area contributed by atoms with Crippen LogP contribution in [-0.2, 0) is 6.42 Å². The first-order valence-electron chi connectivity index (χ1n) is 7.75. The quantitative estimate of drug-likeness (QED) is 0.861. The van der Waals surface area contributed by atoms with E-state index in [0.717, 1.165) is 23.4 Å². The van der Waals surface area contributed by atoms with Gasteiger partial charge in [0, 0.05) is 17.9 Å². The number of carbonyl (C=O) groups excluding carboxylic acids is 1. The lowest BCUT2D eigenvalue weighted by Gasteiger charge is -2.19. The summed E-state index contributed by atoms with van der Waals surface area (Å²) < 4.78 is 5.28. The normalized spacial score (nSPS) is 15.4. The van der Waals surface area contributed by atoms with Crippen molar-refractivity contribution >= 4 is 5.91 Å². The number of hydrogen-bond acceptors (Lipinski definition) is 2. The van der Waals surface area contributed by atoms with E-state index in [1.54, 1.807) is 13.3 Å². The van der Waals surface area contributed by atoms with Gasteiger partial charge in [-0.05, 0) is 55.9 Å². The van der Waals surface area contributed by atoms with Crippen molar-refractivity contribution in [3.05, 3.63) is 53.3 Å². The summed E-state index contributed by atoms with van der Waals surface area (Å²) in [6, 6.07) is 10.1. The van der Waals surface area contributed by atoms with E-state index in [4.69, 9.17) is 4.74 Å². The number of hydrogen-bond donors (Lipinski definition) is 2. The summed E-state index contributed by atoms with van der Waals surface area (Å²) in [6.45, 7) is 1.92.